The molecule has 0 bridgehead atoms. The molecule has 2 N–H and O–H groups in total. The van der Waals surface area contributed by atoms with Gasteiger partial charge in [-0.2, -0.15) is 0 Å². The van der Waals surface area contributed by atoms with Gasteiger partial charge in [0, 0.05) is 16.7 Å². The first-order valence-electron chi connectivity index (χ1n) is 5.61. The van der Waals surface area contributed by atoms with Crippen LogP contribution < -0.4 is 10.1 Å². The summed E-state index contributed by atoms with van der Waals surface area (Å²) in [5.74, 6) is -0.118. The van der Waals surface area contributed by atoms with Crippen LogP contribution in [-0.4, -0.2) is 23.2 Å². The number of carboxylic acids is 1. The summed E-state index contributed by atoms with van der Waals surface area (Å²) in [6.45, 7) is 0. The van der Waals surface area contributed by atoms with Crippen molar-refractivity contribution < 1.29 is 14.6 Å². The van der Waals surface area contributed by atoms with Gasteiger partial charge in [-0.3, -0.25) is 0 Å². The smallest absolute Gasteiger partial charge is 0.337 e. The van der Waals surface area contributed by atoms with Gasteiger partial charge in [0.2, 0.25) is 0 Å². The van der Waals surface area contributed by atoms with E-state index in [2.05, 4.69) is 42.2 Å². The van der Waals surface area contributed by atoms with E-state index in [0.717, 1.165) is 8.95 Å². The summed E-state index contributed by atoms with van der Waals surface area (Å²) >= 11 is 12.6. The first-order chi connectivity index (χ1) is 9.92. The molecular weight excluding hydrogens is 427 g/mol. The van der Waals surface area contributed by atoms with Crippen molar-refractivity contribution in [2.24, 2.45) is 0 Å². The number of anilines is 2. The minimum Gasteiger partial charge on any atom is -0.495 e. The topological polar surface area (TPSA) is 71.5 Å². The zero-order valence-corrected chi connectivity index (χ0v) is 14.6. The number of carboxylic acid groups (broad SMARTS) is 1. The van der Waals surface area contributed by atoms with Crippen molar-refractivity contribution in [1.82, 2.24) is 4.98 Å². The number of ether oxygens (including phenoxy) is 1. The van der Waals surface area contributed by atoms with Gasteiger partial charge in [0.25, 0.3) is 0 Å². The predicted molar refractivity (Wildman–Crippen MR) is 87.9 cm³/mol. The fourth-order valence-corrected chi connectivity index (χ4v) is 3.03. The van der Waals surface area contributed by atoms with E-state index >= 15 is 0 Å². The normalized spacial score (nSPS) is 10.3. The highest BCUT2D eigenvalue weighted by molar-refractivity contribution is 9.11. The zero-order valence-electron chi connectivity index (χ0n) is 10.7. The van der Waals surface area contributed by atoms with Crippen molar-refractivity contribution >= 4 is 60.9 Å². The number of hydrogen-bond acceptors (Lipinski definition) is 4. The van der Waals surface area contributed by atoms with Crippen LogP contribution in [0.3, 0.4) is 0 Å². The number of pyridine rings is 1. The summed E-state index contributed by atoms with van der Waals surface area (Å²) in [6.07, 6.45) is 1.29. The molecule has 5 nitrogen and oxygen atoms in total. The third-order valence-electron chi connectivity index (χ3n) is 2.59. The van der Waals surface area contributed by atoms with E-state index in [9.17, 15) is 4.79 Å². The van der Waals surface area contributed by atoms with Gasteiger partial charge in [-0.15, -0.1) is 0 Å². The van der Waals surface area contributed by atoms with E-state index in [1.54, 1.807) is 13.2 Å². The monoisotopic (exact) mass is 434 g/mol. The van der Waals surface area contributed by atoms with Crippen LogP contribution in [0.4, 0.5) is 11.5 Å². The van der Waals surface area contributed by atoms with Gasteiger partial charge < -0.3 is 15.2 Å². The maximum absolute atomic E-state index is 11.1. The van der Waals surface area contributed by atoms with E-state index < -0.39 is 5.97 Å². The number of benzene rings is 1. The molecule has 0 unspecified atom stereocenters. The van der Waals surface area contributed by atoms with Crippen LogP contribution in [0.2, 0.25) is 5.02 Å². The van der Waals surface area contributed by atoms with E-state index in [4.69, 9.17) is 21.4 Å². The Labute approximate surface area is 142 Å². The number of aromatic carboxylic acids is 1. The van der Waals surface area contributed by atoms with Crippen LogP contribution >= 0.6 is 43.5 Å². The van der Waals surface area contributed by atoms with Crippen molar-refractivity contribution in [3.8, 4) is 5.75 Å². The van der Waals surface area contributed by atoms with Gasteiger partial charge >= 0.3 is 5.97 Å². The SMILES string of the molecule is COc1cc(Nc2cc(C(=O)O)c(Cl)cn2)c(Br)cc1Br. The van der Waals surface area contributed by atoms with Crippen molar-refractivity contribution in [1.29, 1.82) is 0 Å². The summed E-state index contributed by atoms with van der Waals surface area (Å²) in [7, 11) is 1.56. The van der Waals surface area contributed by atoms with E-state index in [1.165, 1.54) is 12.3 Å². The molecule has 0 amide bonds. The molecule has 21 heavy (non-hydrogen) atoms. The Hall–Kier alpha value is -1.31. The number of methoxy groups -OCH3 is 1. The predicted octanol–water partition coefficient (Wildman–Crippen LogP) is 4.71. The van der Waals surface area contributed by atoms with Crippen molar-refractivity contribution in [3.05, 3.63) is 43.9 Å². The minimum absolute atomic E-state index is 0.0191. The number of aromatic nitrogens is 1. The molecule has 0 fully saturated rings. The molecule has 0 radical (unpaired) electrons. The molecule has 0 aliphatic carbocycles. The molecular formula is C13H9Br2ClN2O3. The van der Waals surface area contributed by atoms with E-state index in [0.29, 0.717) is 17.3 Å². The maximum Gasteiger partial charge on any atom is 0.337 e. The fraction of sp³-hybridized carbons (Fsp3) is 0.0769. The largest absolute Gasteiger partial charge is 0.495 e. The van der Waals surface area contributed by atoms with Crippen LogP contribution in [-0.2, 0) is 0 Å². The highest BCUT2D eigenvalue weighted by atomic mass is 79.9. The summed E-state index contributed by atoms with van der Waals surface area (Å²) in [6, 6.07) is 4.94. The first-order valence-corrected chi connectivity index (χ1v) is 7.57. The third kappa shape index (κ3) is 3.66. The average Bonchev–Trinajstić information content (AvgIpc) is 2.43. The number of nitrogens with zero attached hydrogens (tertiary/aromatic N) is 1. The number of halogens is 3. The number of nitrogens with one attached hydrogen (secondary N) is 1. The molecule has 1 aromatic carbocycles. The molecule has 8 heteroatoms. The Morgan fingerprint density at radius 3 is 2.67 bits per heavy atom. The van der Waals surface area contributed by atoms with Crippen LogP contribution in [0.5, 0.6) is 5.75 Å². The van der Waals surface area contributed by atoms with E-state index in [1.807, 2.05) is 6.07 Å². The molecule has 0 spiro atoms. The molecule has 0 aliphatic heterocycles. The van der Waals surface area contributed by atoms with Crippen LogP contribution in [0.1, 0.15) is 10.4 Å². The number of carbonyl (C=O) groups is 1. The summed E-state index contributed by atoms with van der Waals surface area (Å²) in [5.41, 5.74) is 0.663. The number of rotatable bonds is 4. The molecule has 0 aliphatic rings. The van der Waals surface area contributed by atoms with Gasteiger partial charge in [-0.25, -0.2) is 9.78 Å². The lowest BCUT2D eigenvalue weighted by Gasteiger charge is -2.12. The zero-order chi connectivity index (χ0) is 15.6. The summed E-state index contributed by atoms with van der Waals surface area (Å²) in [4.78, 5) is 15.1. The standard InChI is InChI=1S/C13H9Br2ClN2O3/c1-21-11-4-10(7(14)3-8(11)15)18-12-2-6(13(19)20)9(16)5-17-12/h2-5H,1H3,(H,17,18)(H,19,20). The lowest BCUT2D eigenvalue weighted by molar-refractivity contribution is 0.0697. The Balaban J connectivity index is 2.38. The average molecular weight is 436 g/mol. The van der Waals surface area contributed by atoms with Crippen LogP contribution in [0, 0.1) is 0 Å². The Kier molecular flexibility index (Phi) is 5.08. The van der Waals surface area contributed by atoms with Gasteiger partial charge in [0.15, 0.2) is 0 Å². The van der Waals surface area contributed by atoms with Gasteiger partial charge in [-0.1, -0.05) is 11.6 Å². The van der Waals surface area contributed by atoms with Crippen LogP contribution in [0.25, 0.3) is 0 Å². The van der Waals surface area contributed by atoms with Crippen molar-refractivity contribution in [3.63, 3.8) is 0 Å². The molecule has 1 heterocycles. The second-order valence-electron chi connectivity index (χ2n) is 3.95. The van der Waals surface area contributed by atoms with Gasteiger partial charge in [0.05, 0.1) is 27.9 Å². The second kappa shape index (κ2) is 6.64. The molecule has 110 valence electrons. The van der Waals surface area contributed by atoms with Crippen molar-refractivity contribution in [2.45, 2.75) is 0 Å². The summed E-state index contributed by atoms with van der Waals surface area (Å²) in [5, 5.41) is 12.2. The Morgan fingerprint density at radius 2 is 2.05 bits per heavy atom. The molecule has 2 rings (SSSR count). The van der Waals surface area contributed by atoms with Gasteiger partial charge in [-0.05, 0) is 44.0 Å². The molecule has 0 atom stereocenters. The number of hydrogen-bond donors (Lipinski definition) is 2. The van der Waals surface area contributed by atoms with Gasteiger partial charge in [0.1, 0.15) is 11.6 Å². The first kappa shape index (κ1) is 16.1. The molecule has 2 aromatic rings. The highest BCUT2D eigenvalue weighted by Gasteiger charge is 2.12. The molecule has 1 aromatic heterocycles. The lowest BCUT2D eigenvalue weighted by Crippen LogP contribution is -2.02. The Morgan fingerprint density at radius 1 is 1.33 bits per heavy atom. The lowest BCUT2D eigenvalue weighted by atomic mass is 10.2. The summed E-state index contributed by atoms with van der Waals surface area (Å²) < 4.78 is 6.77. The van der Waals surface area contributed by atoms with Crippen molar-refractivity contribution in [2.75, 3.05) is 12.4 Å². The second-order valence-corrected chi connectivity index (χ2v) is 6.06. The minimum atomic E-state index is -1.11. The molecule has 0 saturated heterocycles. The Bertz CT molecular complexity index is 710. The maximum atomic E-state index is 11.1. The van der Waals surface area contributed by atoms with Crippen LogP contribution in [0.15, 0.2) is 33.3 Å². The third-order valence-corrected chi connectivity index (χ3v) is 4.17. The quantitative estimate of drug-likeness (QED) is 0.726. The highest BCUT2D eigenvalue weighted by Crippen LogP contribution is 2.36. The molecule has 0 saturated carbocycles. The van der Waals surface area contributed by atoms with E-state index in [-0.39, 0.29) is 10.6 Å². The fourth-order valence-electron chi connectivity index (χ4n) is 1.59.